The number of hydrogen-bond acceptors (Lipinski definition) is 3. The van der Waals surface area contributed by atoms with Gasteiger partial charge in [0.15, 0.2) is 5.82 Å². The van der Waals surface area contributed by atoms with Gasteiger partial charge in [0.05, 0.1) is 27.8 Å². The van der Waals surface area contributed by atoms with Crippen molar-refractivity contribution in [2.24, 2.45) is 0 Å². The molecule has 2 aliphatic rings. The average Bonchev–Trinajstić information content (AvgIpc) is 3.45. The van der Waals surface area contributed by atoms with E-state index in [1.807, 2.05) is 43.4 Å². The van der Waals surface area contributed by atoms with Gasteiger partial charge in [-0.25, -0.2) is 9.97 Å². The Bertz CT molecular complexity index is 2490. The van der Waals surface area contributed by atoms with Crippen LogP contribution in [0.5, 0.6) is 0 Å². The molecule has 9 rings (SSSR count). The van der Waals surface area contributed by atoms with Gasteiger partial charge in [-0.2, -0.15) is 0 Å². The van der Waals surface area contributed by atoms with E-state index in [1.54, 1.807) is 0 Å². The second-order valence-electron chi connectivity index (χ2n) is 12.6. The van der Waals surface area contributed by atoms with E-state index in [-0.39, 0.29) is 0 Å². The number of para-hydroxylation sites is 3. The van der Waals surface area contributed by atoms with E-state index in [0.29, 0.717) is 5.82 Å². The summed E-state index contributed by atoms with van der Waals surface area (Å²) in [4.78, 5) is 12.6. The van der Waals surface area contributed by atoms with Crippen LogP contribution in [-0.2, 0) is 5.41 Å². The maximum Gasteiger partial charge on any atom is 0.160 e. The Labute approximate surface area is 286 Å². The minimum Gasteiger partial charge on any atom is -0.310 e. The Kier molecular flexibility index (Phi) is 6.73. The lowest BCUT2D eigenvalue weighted by Gasteiger charge is -2.45. The second kappa shape index (κ2) is 11.4. The van der Waals surface area contributed by atoms with Gasteiger partial charge in [0.1, 0.15) is 0 Å². The molecule has 1 aromatic heterocycles. The van der Waals surface area contributed by atoms with Gasteiger partial charge in [-0.1, -0.05) is 140 Å². The van der Waals surface area contributed by atoms with Crippen molar-refractivity contribution in [3.63, 3.8) is 0 Å². The molecule has 232 valence electrons. The van der Waals surface area contributed by atoms with Crippen molar-refractivity contribution in [3.05, 3.63) is 197 Å². The Morgan fingerprint density at radius 1 is 0.571 bits per heavy atom. The third-order valence-electron chi connectivity index (χ3n) is 9.95. The molecule has 0 atom stereocenters. The molecule has 1 aliphatic heterocycles. The van der Waals surface area contributed by atoms with Gasteiger partial charge < -0.3 is 4.90 Å². The van der Waals surface area contributed by atoms with E-state index in [0.717, 1.165) is 33.1 Å². The quantitative estimate of drug-likeness (QED) is 0.195. The topological polar surface area (TPSA) is 29.0 Å². The number of hydrogen-bond donors (Lipinski definition) is 0. The highest BCUT2D eigenvalue weighted by Gasteiger charge is 2.51. The van der Waals surface area contributed by atoms with Crippen LogP contribution in [0.2, 0.25) is 0 Å². The summed E-state index contributed by atoms with van der Waals surface area (Å²) >= 11 is 0. The van der Waals surface area contributed by atoms with Crippen molar-refractivity contribution in [1.29, 1.82) is 0 Å². The highest BCUT2D eigenvalue weighted by atomic mass is 15.2. The molecular formula is C46H33N3. The largest absolute Gasteiger partial charge is 0.310 e. The number of allylic oxidation sites excluding steroid dienone is 2. The summed E-state index contributed by atoms with van der Waals surface area (Å²) in [7, 11) is 0. The average molecular weight is 628 g/mol. The lowest BCUT2D eigenvalue weighted by molar-refractivity contribution is 0.752. The van der Waals surface area contributed by atoms with Crippen LogP contribution in [0.3, 0.4) is 0 Å². The summed E-state index contributed by atoms with van der Waals surface area (Å²) in [6, 6.07) is 54.5. The third-order valence-corrected chi connectivity index (χ3v) is 9.95. The molecule has 0 fully saturated rings. The third kappa shape index (κ3) is 4.29. The van der Waals surface area contributed by atoms with Crippen LogP contribution in [0.1, 0.15) is 29.2 Å². The monoisotopic (exact) mass is 627 g/mol. The van der Waals surface area contributed by atoms with Crippen molar-refractivity contribution in [3.8, 4) is 33.8 Å². The SMILES string of the molecule is C=c1c(-c2ccccc2)nc(-c2ccc3c(c2)-c2ccccc2C32c3ccccc3N(c3ccccc3)c3ccccc32)n/c1=C/C=C\C. The zero-order chi connectivity index (χ0) is 33.0. The molecule has 0 amide bonds. The molecule has 3 heteroatoms. The molecular weight excluding hydrogens is 595 g/mol. The van der Waals surface area contributed by atoms with Gasteiger partial charge >= 0.3 is 0 Å². The Morgan fingerprint density at radius 3 is 1.86 bits per heavy atom. The van der Waals surface area contributed by atoms with Crippen LogP contribution in [0.15, 0.2) is 164 Å². The van der Waals surface area contributed by atoms with E-state index in [9.17, 15) is 0 Å². The molecule has 0 unspecified atom stereocenters. The van der Waals surface area contributed by atoms with E-state index in [1.165, 1.54) is 44.8 Å². The van der Waals surface area contributed by atoms with E-state index < -0.39 is 5.41 Å². The van der Waals surface area contributed by atoms with E-state index >= 15 is 0 Å². The number of benzene rings is 6. The summed E-state index contributed by atoms with van der Waals surface area (Å²) in [5.74, 6) is 0.683. The first kappa shape index (κ1) is 28.9. The maximum atomic E-state index is 5.16. The number of aromatic nitrogens is 2. The zero-order valence-electron chi connectivity index (χ0n) is 27.2. The molecule has 3 nitrogen and oxygen atoms in total. The second-order valence-corrected chi connectivity index (χ2v) is 12.6. The highest BCUT2D eigenvalue weighted by molar-refractivity contribution is 5.96. The maximum absolute atomic E-state index is 5.16. The number of anilines is 3. The predicted molar refractivity (Wildman–Crippen MR) is 202 cm³/mol. The van der Waals surface area contributed by atoms with Crippen molar-refractivity contribution >= 4 is 29.7 Å². The fourth-order valence-corrected chi connectivity index (χ4v) is 7.90. The van der Waals surface area contributed by atoms with Crippen LogP contribution >= 0.6 is 0 Å². The first-order valence-corrected chi connectivity index (χ1v) is 16.7. The molecule has 49 heavy (non-hydrogen) atoms. The molecule has 1 spiro atoms. The molecule has 6 aromatic carbocycles. The van der Waals surface area contributed by atoms with Crippen LogP contribution in [-0.4, -0.2) is 9.97 Å². The normalized spacial score (nSPS) is 14.1. The van der Waals surface area contributed by atoms with Gasteiger partial charge in [0, 0.05) is 22.0 Å². The Hall–Kier alpha value is -6.32. The van der Waals surface area contributed by atoms with Crippen LogP contribution in [0, 0.1) is 0 Å². The fraction of sp³-hybridized carbons (Fsp3) is 0.0435. The minimum absolute atomic E-state index is 0.499. The Balaban J connectivity index is 1.32. The number of fused-ring (bicyclic) bond motifs is 9. The standard InChI is InChI=1S/C46H33N3/c1-3-4-25-41-31(2)44(32-17-7-5-8-18-32)48-45(47-41)33-28-29-38-36(30-33)35-21-11-12-22-37(35)46(38)39-23-13-15-26-42(39)49(34-19-9-6-10-20-34)43-27-16-14-24-40(43)46/h3-30H,2H2,1H3/b4-3-,41-25+. The van der Waals surface area contributed by atoms with Crippen LogP contribution in [0.4, 0.5) is 17.1 Å². The highest BCUT2D eigenvalue weighted by Crippen LogP contribution is 2.63. The summed E-state index contributed by atoms with van der Waals surface area (Å²) in [5, 5.41) is 1.63. The predicted octanol–water partition coefficient (Wildman–Crippen LogP) is 9.72. The number of nitrogens with zero attached hydrogens (tertiary/aromatic N) is 3. The Morgan fingerprint density at radius 2 is 1.16 bits per heavy atom. The van der Waals surface area contributed by atoms with E-state index in [2.05, 4.69) is 145 Å². The van der Waals surface area contributed by atoms with Crippen molar-refractivity contribution < 1.29 is 0 Å². The number of rotatable bonds is 4. The van der Waals surface area contributed by atoms with Gasteiger partial charge in [-0.3, -0.25) is 0 Å². The van der Waals surface area contributed by atoms with Gasteiger partial charge in [-0.05, 0) is 76.7 Å². The fourth-order valence-electron chi connectivity index (χ4n) is 7.90. The lowest BCUT2D eigenvalue weighted by atomic mass is 9.64. The zero-order valence-corrected chi connectivity index (χ0v) is 27.2. The molecule has 0 N–H and O–H groups in total. The lowest BCUT2D eigenvalue weighted by Crippen LogP contribution is -2.36. The van der Waals surface area contributed by atoms with Crippen molar-refractivity contribution in [1.82, 2.24) is 9.97 Å². The molecule has 0 saturated carbocycles. The van der Waals surface area contributed by atoms with Crippen molar-refractivity contribution in [2.75, 3.05) is 4.90 Å². The summed E-state index contributed by atoms with van der Waals surface area (Å²) in [5.41, 5.74) is 13.4. The molecule has 1 aliphatic carbocycles. The molecule has 0 radical (unpaired) electrons. The summed E-state index contributed by atoms with van der Waals surface area (Å²) in [6.45, 7) is 6.41. The smallest absolute Gasteiger partial charge is 0.160 e. The molecule has 0 bridgehead atoms. The molecule has 7 aromatic rings. The first-order chi connectivity index (χ1) is 24.2. The molecule has 2 heterocycles. The van der Waals surface area contributed by atoms with Gasteiger partial charge in [0.2, 0.25) is 0 Å². The van der Waals surface area contributed by atoms with Crippen LogP contribution in [0.25, 0.3) is 46.4 Å². The van der Waals surface area contributed by atoms with Crippen LogP contribution < -0.4 is 15.5 Å². The first-order valence-electron chi connectivity index (χ1n) is 16.7. The minimum atomic E-state index is -0.499. The van der Waals surface area contributed by atoms with Gasteiger partial charge in [0.25, 0.3) is 0 Å². The van der Waals surface area contributed by atoms with E-state index in [4.69, 9.17) is 9.97 Å². The molecule has 0 saturated heterocycles. The van der Waals surface area contributed by atoms with Crippen molar-refractivity contribution in [2.45, 2.75) is 12.3 Å². The van der Waals surface area contributed by atoms with Gasteiger partial charge in [-0.15, -0.1) is 0 Å². The summed E-state index contributed by atoms with van der Waals surface area (Å²) < 4.78 is 0. The summed E-state index contributed by atoms with van der Waals surface area (Å²) in [6.07, 6.45) is 6.04.